The van der Waals surface area contributed by atoms with Gasteiger partial charge in [0, 0.05) is 32.9 Å². The lowest BCUT2D eigenvalue weighted by Crippen LogP contribution is -2.33. The molecule has 0 saturated heterocycles. The van der Waals surface area contributed by atoms with E-state index < -0.39 is 0 Å². The summed E-state index contributed by atoms with van der Waals surface area (Å²) in [6.07, 6.45) is 2.44. The summed E-state index contributed by atoms with van der Waals surface area (Å²) in [5, 5.41) is 7.55. The first-order valence-electron chi connectivity index (χ1n) is 22.1. The van der Waals surface area contributed by atoms with Crippen LogP contribution in [0.15, 0.2) is 194 Å². The minimum absolute atomic E-state index is 0.180. The lowest BCUT2D eigenvalue weighted by Gasteiger charge is -2.42. The van der Waals surface area contributed by atoms with E-state index in [1.807, 2.05) is 0 Å². The standard InChI is InChI=1S/C60H48N2/c1-59(2)33-34-60(3,4)54-38-43(25-30-53(54)59)39-23-28-45(29-24-39)61-55-21-9-7-18-49(55)51-36-41(26-31-57(51)61)42-27-32-58-52(37-42)50-19-8-10-22-56(50)62(58)46-16-11-15-44(35-46)48-20-12-14-40-13-5-6-17-47(40)48/h5-32,35-38H,33-34H2,1-4H3. The van der Waals surface area contributed by atoms with Crippen molar-refractivity contribution in [2.24, 2.45) is 0 Å². The average molecular weight is 797 g/mol. The van der Waals surface area contributed by atoms with Gasteiger partial charge in [-0.05, 0) is 140 Å². The molecule has 1 aliphatic rings. The zero-order valence-corrected chi connectivity index (χ0v) is 35.8. The Labute approximate surface area is 363 Å². The molecule has 62 heavy (non-hydrogen) atoms. The van der Waals surface area contributed by atoms with Crippen molar-refractivity contribution >= 4 is 54.4 Å². The molecular weight excluding hydrogens is 749 g/mol. The molecule has 0 bridgehead atoms. The van der Waals surface area contributed by atoms with E-state index in [0.717, 1.165) is 5.69 Å². The van der Waals surface area contributed by atoms with Crippen LogP contribution in [0.3, 0.4) is 0 Å². The molecule has 0 radical (unpaired) electrons. The topological polar surface area (TPSA) is 9.86 Å². The Bertz CT molecular complexity index is 3570. The van der Waals surface area contributed by atoms with Crippen LogP contribution >= 0.6 is 0 Å². The van der Waals surface area contributed by atoms with Gasteiger partial charge in [-0.2, -0.15) is 0 Å². The van der Waals surface area contributed by atoms with Crippen LogP contribution < -0.4 is 0 Å². The van der Waals surface area contributed by atoms with E-state index in [9.17, 15) is 0 Å². The molecular formula is C60H48N2. The highest BCUT2D eigenvalue weighted by Crippen LogP contribution is 2.47. The minimum atomic E-state index is 0.180. The summed E-state index contributed by atoms with van der Waals surface area (Å²) in [6.45, 7) is 9.62. The fourth-order valence-corrected chi connectivity index (χ4v) is 10.7. The van der Waals surface area contributed by atoms with Crippen LogP contribution in [-0.2, 0) is 10.8 Å². The van der Waals surface area contributed by atoms with Crippen molar-refractivity contribution < 1.29 is 0 Å². The normalized spacial score (nSPS) is 14.6. The van der Waals surface area contributed by atoms with Gasteiger partial charge in [-0.25, -0.2) is 0 Å². The smallest absolute Gasteiger partial charge is 0.0541 e. The first-order chi connectivity index (χ1) is 30.2. The summed E-state index contributed by atoms with van der Waals surface area (Å²) in [5.41, 5.74) is 18.0. The van der Waals surface area contributed by atoms with Crippen LogP contribution in [-0.4, -0.2) is 9.13 Å². The van der Waals surface area contributed by atoms with E-state index in [-0.39, 0.29) is 10.8 Å². The zero-order valence-electron chi connectivity index (χ0n) is 35.8. The van der Waals surface area contributed by atoms with Gasteiger partial charge >= 0.3 is 0 Å². The van der Waals surface area contributed by atoms with Gasteiger partial charge in [0.2, 0.25) is 0 Å². The Morgan fingerprint density at radius 1 is 0.323 bits per heavy atom. The third-order valence-corrected chi connectivity index (χ3v) is 14.2. The van der Waals surface area contributed by atoms with Crippen molar-refractivity contribution in [1.82, 2.24) is 9.13 Å². The second-order valence-electron chi connectivity index (χ2n) is 18.8. The largest absolute Gasteiger partial charge is 0.309 e. The maximum atomic E-state index is 2.47. The van der Waals surface area contributed by atoms with Gasteiger partial charge < -0.3 is 9.13 Å². The van der Waals surface area contributed by atoms with Gasteiger partial charge in [-0.15, -0.1) is 0 Å². The number of hydrogen-bond acceptors (Lipinski definition) is 0. The summed E-state index contributed by atoms with van der Waals surface area (Å²) < 4.78 is 4.86. The number of fused-ring (bicyclic) bond motifs is 8. The average Bonchev–Trinajstić information content (AvgIpc) is 3.82. The lowest BCUT2D eigenvalue weighted by molar-refractivity contribution is 0.332. The Kier molecular flexibility index (Phi) is 8.09. The minimum Gasteiger partial charge on any atom is -0.309 e. The summed E-state index contributed by atoms with van der Waals surface area (Å²) in [7, 11) is 0. The van der Waals surface area contributed by atoms with Crippen LogP contribution in [0.2, 0.25) is 0 Å². The molecule has 11 aromatic rings. The molecule has 0 N–H and O–H groups in total. The molecule has 0 unspecified atom stereocenters. The van der Waals surface area contributed by atoms with Gasteiger partial charge in [-0.3, -0.25) is 0 Å². The first-order valence-corrected chi connectivity index (χ1v) is 22.1. The van der Waals surface area contributed by atoms with E-state index in [1.165, 1.54) is 117 Å². The van der Waals surface area contributed by atoms with Crippen molar-refractivity contribution in [1.29, 1.82) is 0 Å². The molecule has 0 atom stereocenters. The van der Waals surface area contributed by atoms with Crippen LogP contribution in [0.25, 0.3) is 99.1 Å². The Hall–Kier alpha value is -7.16. The zero-order chi connectivity index (χ0) is 41.7. The summed E-state index contributed by atoms with van der Waals surface area (Å²) in [6, 6.07) is 72.4. The van der Waals surface area contributed by atoms with Crippen LogP contribution in [0.4, 0.5) is 0 Å². The first kappa shape index (κ1) is 36.7. The highest BCUT2D eigenvalue weighted by molar-refractivity contribution is 6.13. The second-order valence-corrected chi connectivity index (χ2v) is 18.8. The van der Waals surface area contributed by atoms with Gasteiger partial charge in [0.05, 0.1) is 22.1 Å². The predicted octanol–water partition coefficient (Wildman–Crippen LogP) is 16.4. The van der Waals surface area contributed by atoms with Crippen LogP contribution in [0, 0.1) is 0 Å². The quantitative estimate of drug-likeness (QED) is 0.164. The van der Waals surface area contributed by atoms with E-state index in [4.69, 9.17) is 0 Å². The molecule has 1 aliphatic carbocycles. The number of aromatic nitrogens is 2. The van der Waals surface area contributed by atoms with E-state index in [0.29, 0.717) is 0 Å². The lowest BCUT2D eigenvalue weighted by atomic mass is 9.63. The van der Waals surface area contributed by atoms with Gasteiger partial charge in [0.25, 0.3) is 0 Å². The molecule has 0 fully saturated rings. The molecule has 12 rings (SSSR count). The number of nitrogens with zero attached hydrogens (tertiary/aromatic N) is 2. The molecule has 2 heterocycles. The molecule has 298 valence electrons. The third-order valence-electron chi connectivity index (χ3n) is 14.2. The summed E-state index contributed by atoms with van der Waals surface area (Å²) in [5.74, 6) is 0. The fourth-order valence-electron chi connectivity index (χ4n) is 10.7. The molecule has 0 saturated carbocycles. The molecule has 0 amide bonds. The molecule has 9 aromatic carbocycles. The highest BCUT2D eigenvalue weighted by atomic mass is 15.0. The van der Waals surface area contributed by atoms with Crippen molar-refractivity contribution in [3.63, 3.8) is 0 Å². The number of para-hydroxylation sites is 2. The van der Waals surface area contributed by atoms with E-state index in [2.05, 4.69) is 231 Å². The Balaban J connectivity index is 0.934. The van der Waals surface area contributed by atoms with Crippen molar-refractivity contribution in [3.05, 3.63) is 205 Å². The Morgan fingerprint density at radius 2 is 0.823 bits per heavy atom. The monoisotopic (exact) mass is 796 g/mol. The van der Waals surface area contributed by atoms with Gasteiger partial charge in [0.15, 0.2) is 0 Å². The number of benzene rings is 9. The molecule has 0 spiro atoms. The van der Waals surface area contributed by atoms with Gasteiger partial charge in [-0.1, -0.05) is 161 Å². The van der Waals surface area contributed by atoms with Crippen LogP contribution in [0.5, 0.6) is 0 Å². The van der Waals surface area contributed by atoms with Crippen molar-refractivity contribution in [2.45, 2.75) is 51.4 Å². The number of rotatable bonds is 5. The maximum Gasteiger partial charge on any atom is 0.0541 e. The maximum absolute atomic E-state index is 2.47. The predicted molar refractivity (Wildman–Crippen MR) is 264 cm³/mol. The van der Waals surface area contributed by atoms with Crippen LogP contribution in [0.1, 0.15) is 51.7 Å². The van der Waals surface area contributed by atoms with E-state index >= 15 is 0 Å². The van der Waals surface area contributed by atoms with Crippen molar-refractivity contribution in [3.8, 4) is 44.8 Å². The second kappa shape index (κ2) is 13.7. The third kappa shape index (κ3) is 5.70. The van der Waals surface area contributed by atoms with E-state index in [1.54, 1.807) is 0 Å². The van der Waals surface area contributed by atoms with Crippen molar-refractivity contribution in [2.75, 3.05) is 0 Å². The van der Waals surface area contributed by atoms with Gasteiger partial charge in [0.1, 0.15) is 0 Å². The number of hydrogen-bond donors (Lipinski definition) is 0. The molecule has 2 aromatic heterocycles. The Morgan fingerprint density at radius 3 is 1.50 bits per heavy atom. The molecule has 2 heteroatoms. The highest BCUT2D eigenvalue weighted by Gasteiger charge is 2.37. The fraction of sp³-hybridized carbons (Fsp3) is 0.133. The summed E-state index contributed by atoms with van der Waals surface area (Å²) in [4.78, 5) is 0. The summed E-state index contributed by atoms with van der Waals surface area (Å²) >= 11 is 0. The molecule has 2 nitrogen and oxygen atoms in total. The molecule has 0 aliphatic heterocycles. The SMILES string of the molecule is CC1(C)CCC(C)(C)c2cc(-c3ccc(-n4c5ccccc5c5cc(-c6ccc7c(c6)c6ccccc6n7-c6cccc(-c7cccc8ccccc78)c6)ccc54)cc3)ccc21.